The van der Waals surface area contributed by atoms with Gasteiger partial charge in [0.25, 0.3) is 5.91 Å². The van der Waals surface area contributed by atoms with Crippen molar-refractivity contribution < 1.29 is 4.79 Å². The lowest BCUT2D eigenvalue weighted by atomic mass is 10.2. The van der Waals surface area contributed by atoms with E-state index in [-0.39, 0.29) is 11.9 Å². The average Bonchev–Trinajstić information content (AvgIpc) is 2.29. The van der Waals surface area contributed by atoms with Crippen molar-refractivity contribution in [2.75, 3.05) is 12.0 Å². The fourth-order valence-corrected chi connectivity index (χ4v) is 2.41. The Hall–Kier alpha value is -0.230. The van der Waals surface area contributed by atoms with Crippen LogP contribution in [-0.4, -0.2) is 24.0 Å². The molecule has 0 fully saturated rings. The summed E-state index contributed by atoms with van der Waals surface area (Å²) in [5, 5.41) is 3.04. The number of thioether (sulfide) groups is 1. The van der Waals surface area contributed by atoms with Crippen molar-refractivity contribution in [3.8, 4) is 0 Å². The van der Waals surface area contributed by atoms with E-state index in [2.05, 4.69) is 41.1 Å². The molecule has 0 aliphatic heterocycles. The molecule has 1 aromatic carbocycles. The molecule has 2 nitrogen and oxygen atoms in total. The second-order valence-electron chi connectivity index (χ2n) is 3.54. The van der Waals surface area contributed by atoms with Gasteiger partial charge in [-0.25, -0.2) is 0 Å². The lowest BCUT2D eigenvalue weighted by Gasteiger charge is -2.15. The molecule has 0 saturated heterocycles. The highest BCUT2D eigenvalue weighted by atomic mass is 127. The molecule has 1 aromatic rings. The van der Waals surface area contributed by atoms with Gasteiger partial charge in [0.15, 0.2) is 0 Å². The van der Waals surface area contributed by atoms with Crippen LogP contribution in [-0.2, 0) is 0 Å². The molecule has 0 saturated carbocycles. The van der Waals surface area contributed by atoms with Gasteiger partial charge in [-0.05, 0) is 59.5 Å². The monoisotopic (exact) mass is 349 g/mol. The van der Waals surface area contributed by atoms with Crippen LogP contribution in [0.1, 0.15) is 23.7 Å². The molecule has 4 heteroatoms. The molecule has 0 bridgehead atoms. The van der Waals surface area contributed by atoms with Crippen LogP contribution in [0.2, 0.25) is 0 Å². The minimum Gasteiger partial charge on any atom is -0.348 e. The smallest absolute Gasteiger partial charge is 0.251 e. The maximum atomic E-state index is 11.9. The molecule has 88 valence electrons. The molecule has 1 N–H and O–H groups in total. The second-order valence-corrected chi connectivity index (χ2v) is 5.70. The van der Waals surface area contributed by atoms with Gasteiger partial charge in [-0.2, -0.15) is 11.8 Å². The maximum Gasteiger partial charge on any atom is 0.251 e. The van der Waals surface area contributed by atoms with E-state index < -0.39 is 0 Å². The molecular weight excluding hydrogens is 333 g/mol. The predicted octanol–water partition coefficient (Wildman–Crippen LogP) is 3.16. The summed E-state index contributed by atoms with van der Waals surface area (Å²) < 4.78 is 1.14. The summed E-state index contributed by atoms with van der Waals surface area (Å²) in [5.41, 5.74) is 0.736. The molecule has 1 rings (SSSR count). The Labute approximate surface area is 115 Å². The van der Waals surface area contributed by atoms with Gasteiger partial charge < -0.3 is 5.32 Å². The van der Waals surface area contributed by atoms with E-state index in [0.717, 1.165) is 21.3 Å². The number of benzene rings is 1. The highest BCUT2D eigenvalue weighted by Crippen LogP contribution is 2.08. The van der Waals surface area contributed by atoms with Gasteiger partial charge in [0, 0.05) is 20.9 Å². The van der Waals surface area contributed by atoms with Crippen LogP contribution in [0.15, 0.2) is 24.3 Å². The fourth-order valence-electron chi connectivity index (χ4n) is 1.33. The number of carbonyl (C=O) groups is 1. The van der Waals surface area contributed by atoms with Gasteiger partial charge in [0.1, 0.15) is 0 Å². The Bertz CT molecular complexity index is 339. The Morgan fingerprint density at radius 2 is 2.06 bits per heavy atom. The molecular formula is C12H16INOS. The van der Waals surface area contributed by atoms with Crippen molar-refractivity contribution in [2.24, 2.45) is 0 Å². The van der Waals surface area contributed by atoms with E-state index >= 15 is 0 Å². The van der Waals surface area contributed by atoms with Crippen LogP contribution < -0.4 is 5.32 Å². The van der Waals surface area contributed by atoms with Gasteiger partial charge in [-0.15, -0.1) is 0 Å². The zero-order valence-corrected chi connectivity index (χ0v) is 12.5. The van der Waals surface area contributed by atoms with Crippen molar-refractivity contribution in [3.05, 3.63) is 33.4 Å². The summed E-state index contributed by atoms with van der Waals surface area (Å²) in [4.78, 5) is 11.9. The largest absolute Gasteiger partial charge is 0.348 e. The standard InChI is InChI=1S/C12H16INOS/c1-3-11(8-16-2)14-12(15)9-4-6-10(13)7-5-9/h4-7,11H,3,8H2,1-2H3,(H,14,15). The molecule has 16 heavy (non-hydrogen) atoms. The first-order valence-corrected chi connectivity index (χ1v) is 7.70. The summed E-state index contributed by atoms with van der Waals surface area (Å²) in [6.45, 7) is 2.09. The Balaban J connectivity index is 2.60. The molecule has 0 aliphatic carbocycles. The quantitative estimate of drug-likeness (QED) is 0.828. The number of amides is 1. The van der Waals surface area contributed by atoms with Crippen LogP contribution in [0.4, 0.5) is 0 Å². The van der Waals surface area contributed by atoms with E-state index in [1.807, 2.05) is 24.3 Å². The van der Waals surface area contributed by atoms with Crippen molar-refractivity contribution in [2.45, 2.75) is 19.4 Å². The molecule has 0 aliphatic rings. The van der Waals surface area contributed by atoms with E-state index in [1.165, 1.54) is 0 Å². The second kappa shape index (κ2) is 7.17. The van der Waals surface area contributed by atoms with Gasteiger partial charge in [0.05, 0.1) is 0 Å². The van der Waals surface area contributed by atoms with E-state index in [0.29, 0.717) is 0 Å². The first-order chi connectivity index (χ1) is 7.67. The minimum atomic E-state index is 0.0253. The molecule has 0 heterocycles. The maximum absolute atomic E-state index is 11.9. The van der Waals surface area contributed by atoms with Gasteiger partial charge >= 0.3 is 0 Å². The third kappa shape index (κ3) is 4.33. The number of nitrogens with one attached hydrogen (secondary N) is 1. The van der Waals surface area contributed by atoms with E-state index in [9.17, 15) is 4.79 Å². The normalized spacial score (nSPS) is 12.2. The van der Waals surface area contributed by atoms with Gasteiger partial charge in [-0.3, -0.25) is 4.79 Å². The summed E-state index contributed by atoms with van der Waals surface area (Å²) in [7, 11) is 0. The SMILES string of the molecule is CCC(CSC)NC(=O)c1ccc(I)cc1. The van der Waals surface area contributed by atoms with E-state index in [1.54, 1.807) is 11.8 Å². The van der Waals surface area contributed by atoms with Crippen molar-refractivity contribution in [1.29, 1.82) is 0 Å². The number of rotatable bonds is 5. The Morgan fingerprint density at radius 1 is 1.44 bits per heavy atom. The van der Waals surface area contributed by atoms with Gasteiger partial charge in [0.2, 0.25) is 0 Å². The average molecular weight is 349 g/mol. The zero-order chi connectivity index (χ0) is 12.0. The van der Waals surface area contributed by atoms with E-state index in [4.69, 9.17) is 0 Å². The topological polar surface area (TPSA) is 29.1 Å². The van der Waals surface area contributed by atoms with Crippen molar-refractivity contribution in [3.63, 3.8) is 0 Å². The van der Waals surface area contributed by atoms with Crippen LogP contribution in [0.3, 0.4) is 0 Å². The third-order valence-corrected chi connectivity index (χ3v) is 3.76. The lowest BCUT2D eigenvalue weighted by molar-refractivity contribution is 0.0940. The first-order valence-electron chi connectivity index (χ1n) is 5.22. The third-order valence-electron chi connectivity index (χ3n) is 2.30. The zero-order valence-electron chi connectivity index (χ0n) is 9.50. The molecule has 0 spiro atoms. The van der Waals surface area contributed by atoms with Crippen LogP contribution >= 0.6 is 34.4 Å². The number of carbonyl (C=O) groups excluding carboxylic acids is 1. The molecule has 1 unspecified atom stereocenters. The molecule has 1 amide bonds. The lowest BCUT2D eigenvalue weighted by Crippen LogP contribution is -2.36. The minimum absolute atomic E-state index is 0.0253. The van der Waals surface area contributed by atoms with Crippen LogP contribution in [0, 0.1) is 3.57 Å². The molecule has 0 radical (unpaired) electrons. The number of hydrogen-bond donors (Lipinski definition) is 1. The summed E-state index contributed by atoms with van der Waals surface area (Å²) in [5.74, 6) is 0.990. The summed E-state index contributed by atoms with van der Waals surface area (Å²) >= 11 is 3.99. The summed E-state index contributed by atoms with van der Waals surface area (Å²) in [6.07, 6.45) is 3.02. The fraction of sp³-hybridized carbons (Fsp3) is 0.417. The Morgan fingerprint density at radius 3 is 2.56 bits per heavy atom. The Kier molecular flexibility index (Phi) is 6.20. The van der Waals surface area contributed by atoms with Crippen LogP contribution in [0.5, 0.6) is 0 Å². The van der Waals surface area contributed by atoms with Gasteiger partial charge in [-0.1, -0.05) is 6.92 Å². The predicted molar refractivity (Wildman–Crippen MR) is 79.1 cm³/mol. The van der Waals surface area contributed by atoms with Crippen molar-refractivity contribution in [1.82, 2.24) is 5.32 Å². The number of halogens is 1. The van der Waals surface area contributed by atoms with Crippen molar-refractivity contribution >= 4 is 40.3 Å². The molecule has 1 atom stereocenters. The highest BCUT2D eigenvalue weighted by Gasteiger charge is 2.11. The highest BCUT2D eigenvalue weighted by molar-refractivity contribution is 14.1. The molecule has 0 aromatic heterocycles. The first kappa shape index (κ1) is 13.8. The number of hydrogen-bond acceptors (Lipinski definition) is 2. The summed E-state index contributed by atoms with van der Waals surface area (Å²) in [6, 6.07) is 7.89. The van der Waals surface area contributed by atoms with Crippen LogP contribution in [0.25, 0.3) is 0 Å².